The number of aromatic carboxylic acids is 1. The Hall–Kier alpha value is -3.48. The molecule has 0 aliphatic rings. The third-order valence-corrected chi connectivity index (χ3v) is 2.95. The van der Waals surface area contributed by atoms with Crippen molar-refractivity contribution in [3.05, 3.63) is 53.6 Å². The van der Waals surface area contributed by atoms with Gasteiger partial charge in [-0.05, 0) is 35.9 Å². The zero-order valence-electron chi connectivity index (χ0n) is 11.7. The fourth-order valence-electron chi connectivity index (χ4n) is 1.83. The Labute approximate surface area is 130 Å². The van der Waals surface area contributed by atoms with Crippen molar-refractivity contribution < 1.29 is 30.0 Å². The summed E-state index contributed by atoms with van der Waals surface area (Å²) in [5, 5.41) is 39.5. The molecule has 0 aliphatic carbocycles. The number of carbonyl (C=O) groups excluding carboxylic acids is 1. The molecule has 2 aromatic rings. The molecule has 0 bridgehead atoms. The van der Waals surface area contributed by atoms with Crippen LogP contribution in [-0.4, -0.2) is 32.3 Å². The summed E-state index contributed by atoms with van der Waals surface area (Å²) in [6.07, 6.45) is 2.46. The van der Waals surface area contributed by atoms with Crippen LogP contribution in [0.5, 0.6) is 17.2 Å². The molecule has 0 saturated carbocycles. The molecule has 0 fully saturated rings. The molecule has 0 atom stereocenters. The second-order valence-electron chi connectivity index (χ2n) is 4.58. The summed E-state index contributed by atoms with van der Waals surface area (Å²) in [6, 6.07) is 7.84. The van der Waals surface area contributed by atoms with Gasteiger partial charge in [0.15, 0.2) is 11.5 Å². The van der Waals surface area contributed by atoms with Crippen LogP contribution in [0, 0.1) is 0 Å². The average molecular weight is 315 g/mol. The SMILES string of the molecule is O=C(C=Cc1ccc(O)c(O)c1)Nc1c(O)cccc1C(=O)O. The molecule has 5 N–H and O–H groups in total. The first-order chi connectivity index (χ1) is 10.9. The molecule has 2 aromatic carbocycles. The van der Waals surface area contributed by atoms with E-state index < -0.39 is 11.9 Å². The van der Waals surface area contributed by atoms with Gasteiger partial charge < -0.3 is 25.7 Å². The molecule has 118 valence electrons. The fourth-order valence-corrected chi connectivity index (χ4v) is 1.83. The molecule has 0 heterocycles. The number of carboxylic acids is 1. The number of hydrogen-bond donors (Lipinski definition) is 5. The van der Waals surface area contributed by atoms with Gasteiger partial charge in [-0.2, -0.15) is 0 Å². The molecule has 0 spiro atoms. The van der Waals surface area contributed by atoms with Gasteiger partial charge in [-0.1, -0.05) is 12.1 Å². The average Bonchev–Trinajstić information content (AvgIpc) is 2.50. The molecule has 0 aliphatic heterocycles. The Balaban J connectivity index is 2.18. The van der Waals surface area contributed by atoms with E-state index in [2.05, 4.69) is 5.32 Å². The predicted molar refractivity (Wildman–Crippen MR) is 82.5 cm³/mol. The molecule has 7 nitrogen and oxygen atoms in total. The van der Waals surface area contributed by atoms with Crippen LogP contribution in [-0.2, 0) is 4.79 Å². The Morgan fingerprint density at radius 1 is 0.957 bits per heavy atom. The number of anilines is 1. The molecule has 0 saturated heterocycles. The van der Waals surface area contributed by atoms with Crippen molar-refractivity contribution in [3.63, 3.8) is 0 Å². The molecular weight excluding hydrogens is 302 g/mol. The van der Waals surface area contributed by atoms with E-state index >= 15 is 0 Å². The minimum absolute atomic E-state index is 0.205. The number of aromatic hydroxyl groups is 3. The van der Waals surface area contributed by atoms with Crippen LogP contribution in [0.15, 0.2) is 42.5 Å². The number of para-hydroxylation sites is 1. The molecular formula is C16H13NO6. The molecule has 23 heavy (non-hydrogen) atoms. The van der Waals surface area contributed by atoms with Gasteiger partial charge in [0.2, 0.25) is 5.91 Å². The number of nitrogens with one attached hydrogen (secondary N) is 1. The lowest BCUT2D eigenvalue weighted by molar-refractivity contribution is -0.111. The predicted octanol–water partition coefficient (Wildman–Crippen LogP) is 2.15. The van der Waals surface area contributed by atoms with Crippen molar-refractivity contribution >= 4 is 23.6 Å². The second-order valence-corrected chi connectivity index (χ2v) is 4.58. The first-order valence-electron chi connectivity index (χ1n) is 6.45. The van der Waals surface area contributed by atoms with E-state index in [1.807, 2.05) is 0 Å². The summed E-state index contributed by atoms with van der Waals surface area (Å²) in [4.78, 5) is 22.9. The number of phenols is 3. The zero-order chi connectivity index (χ0) is 17.0. The third kappa shape index (κ3) is 3.79. The number of amides is 1. The number of carbonyl (C=O) groups is 2. The van der Waals surface area contributed by atoms with E-state index in [0.717, 1.165) is 6.08 Å². The van der Waals surface area contributed by atoms with Gasteiger partial charge in [-0.25, -0.2) is 4.79 Å². The van der Waals surface area contributed by atoms with Gasteiger partial charge >= 0.3 is 5.97 Å². The van der Waals surface area contributed by atoms with Crippen LogP contribution in [0.3, 0.4) is 0 Å². The summed E-state index contributed by atoms with van der Waals surface area (Å²) < 4.78 is 0. The summed E-state index contributed by atoms with van der Waals surface area (Å²) in [5.74, 6) is -2.94. The van der Waals surface area contributed by atoms with Crippen LogP contribution < -0.4 is 5.32 Å². The lowest BCUT2D eigenvalue weighted by Gasteiger charge is -2.08. The Bertz CT molecular complexity index is 797. The van der Waals surface area contributed by atoms with E-state index in [9.17, 15) is 24.9 Å². The molecule has 0 aromatic heterocycles. The first kappa shape index (κ1) is 15.9. The van der Waals surface area contributed by atoms with Crippen LogP contribution in [0.2, 0.25) is 0 Å². The highest BCUT2D eigenvalue weighted by atomic mass is 16.4. The maximum Gasteiger partial charge on any atom is 0.337 e. The standard InChI is InChI=1S/C16H13NO6/c18-11-6-4-9(8-13(11)20)5-7-14(21)17-15-10(16(22)23)2-1-3-12(15)19/h1-8,18-20H,(H,17,21)(H,22,23). The normalized spacial score (nSPS) is 10.6. The highest BCUT2D eigenvalue weighted by molar-refractivity contribution is 6.07. The Morgan fingerprint density at radius 3 is 2.35 bits per heavy atom. The number of hydrogen-bond acceptors (Lipinski definition) is 5. The molecule has 0 unspecified atom stereocenters. The quantitative estimate of drug-likeness (QED) is 0.434. The maximum absolute atomic E-state index is 11.9. The third-order valence-electron chi connectivity index (χ3n) is 2.95. The monoisotopic (exact) mass is 315 g/mol. The molecule has 1 amide bonds. The van der Waals surface area contributed by atoms with E-state index in [-0.39, 0.29) is 28.5 Å². The van der Waals surface area contributed by atoms with Gasteiger partial charge in [-0.3, -0.25) is 4.79 Å². The summed E-state index contributed by atoms with van der Waals surface area (Å²) in [6.45, 7) is 0. The van der Waals surface area contributed by atoms with Crippen molar-refractivity contribution in [2.45, 2.75) is 0 Å². The zero-order valence-corrected chi connectivity index (χ0v) is 11.7. The van der Waals surface area contributed by atoms with Gasteiger partial charge in [0.1, 0.15) is 5.75 Å². The van der Waals surface area contributed by atoms with Crippen molar-refractivity contribution in [2.24, 2.45) is 0 Å². The lowest BCUT2D eigenvalue weighted by atomic mass is 10.1. The highest BCUT2D eigenvalue weighted by Gasteiger charge is 2.15. The molecule has 0 radical (unpaired) electrons. The van der Waals surface area contributed by atoms with E-state index in [1.54, 1.807) is 0 Å². The van der Waals surface area contributed by atoms with Gasteiger partial charge in [0, 0.05) is 6.08 Å². The van der Waals surface area contributed by atoms with Gasteiger partial charge in [0.05, 0.1) is 11.3 Å². The van der Waals surface area contributed by atoms with Crippen molar-refractivity contribution in [1.82, 2.24) is 0 Å². The van der Waals surface area contributed by atoms with Crippen molar-refractivity contribution in [3.8, 4) is 17.2 Å². The lowest BCUT2D eigenvalue weighted by Crippen LogP contribution is -2.12. The maximum atomic E-state index is 11.9. The van der Waals surface area contributed by atoms with Gasteiger partial charge in [-0.15, -0.1) is 0 Å². The summed E-state index contributed by atoms with van der Waals surface area (Å²) in [7, 11) is 0. The second kappa shape index (κ2) is 6.52. The van der Waals surface area contributed by atoms with Crippen molar-refractivity contribution in [1.29, 1.82) is 0 Å². The number of carboxylic acid groups (broad SMARTS) is 1. The van der Waals surface area contributed by atoms with Crippen LogP contribution in [0.25, 0.3) is 6.08 Å². The topological polar surface area (TPSA) is 127 Å². The van der Waals surface area contributed by atoms with Crippen molar-refractivity contribution in [2.75, 3.05) is 5.32 Å². The molecule has 7 heteroatoms. The molecule has 2 rings (SSSR count). The van der Waals surface area contributed by atoms with Crippen LogP contribution in [0.4, 0.5) is 5.69 Å². The summed E-state index contributed by atoms with van der Waals surface area (Å²) in [5.41, 5.74) is 0.00317. The van der Waals surface area contributed by atoms with E-state index in [4.69, 9.17) is 5.11 Å². The van der Waals surface area contributed by atoms with E-state index in [1.165, 1.54) is 42.5 Å². The fraction of sp³-hybridized carbons (Fsp3) is 0. The van der Waals surface area contributed by atoms with E-state index in [0.29, 0.717) is 5.56 Å². The van der Waals surface area contributed by atoms with Gasteiger partial charge in [0.25, 0.3) is 0 Å². The minimum atomic E-state index is -1.29. The Morgan fingerprint density at radius 2 is 1.70 bits per heavy atom. The van der Waals surface area contributed by atoms with Crippen LogP contribution in [0.1, 0.15) is 15.9 Å². The Kier molecular flexibility index (Phi) is 4.51. The number of phenolic OH excluding ortho intramolecular Hbond substituents is 3. The minimum Gasteiger partial charge on any atom is -0.506 e. The largest absolute Gasteiger partial charge is 0.506 e. The number of rotatable bonds is 4. The number of benzene rings is 2. The van der Waals surface area contributed by atoms with Crippen LogP contribution >= 0.6 is 0 Å². The smallest absolute Gasteiger partial charge is 0.337 e. The summed E-state index contributed by atoms with van der Waals surface area (Å²) >= 11 is 0. The highest BCUT2D eigenvalue weighted by Crippen LogP contribution is 2.28. The first-order valence-corrected chi connectivity index (χ1v) is 6.45.